The van der Waals surface area contributed by atoms with Gasteiger partial charge in [-0.3, -0.25) is 4.79 Å². The minimum absolute atomic E-state index is 0.0429. The third-order valence-corrected chi connectivity index (χ3v) is 4.58. The molecule has 0 saturated carbocycles. The average molecular weight is 335 g/mol. The summed E-state index contributed by atoms with van der Waals surface area (Å²) in [6.45, 7) is 2.04. The van der Waals surface area contributed by atoms with Crippen molar-refractivity contribution in [1.29, 1.82) is 0 Å². The van der Waals surface area contributed by atoms with E-state index in [0.29, 0.717) is 10.8 Å². The van der Waals surface area contributed by atoms with Crippen LogP contribution in [0, 0.1) is 6.92 Å². The Labute approximate surface area is 140 Å². The summed E-state index contributed by atoms with van der Waals surface area (Å²) in [7, 11) is 3.86. The SMILES string of the molecule is Cc1ccccc1SCC(=O)Nc1cc(Cl)ccc1N(C)C. The predicted molar refractivity (Wildman–Crippen MR) is 96.3 cm³/mol. The van der Waals surface area contributed by atoms with Gasteiger partial charge < -0.3 is 10.2 Å². The van der Waals surface area contributed by atoms with Gasteiger partial charge in [-0.1, -0.05) is 29.8 Å². The minimum atomic E-state index is -0.0429. The molecule has 0 bridgehead atoms. The molecule has 3 nitrogen and oxygen atoms in total. The van der Waals surface area contributed by atoms with Crippen LogP contribution in [0.25, 0.3) is 0 Å². The Morgan fingerprint density at radius 3 is 2.64 bits per heavy atom. The topological polar surface area (TPSA) is 32.3 Å². The van der Waals surface area contributed by atoms with E-state index in [2.05, 4.69) is 5.32 Å². The van der Waals surface area contributed by atoms with E-state index < -0.39 is 0 Å². The van der Waals surface area contributed by atoms with Crippen molar-refractivity contribution in [3.63, 3.8) is 0 Å². The summed E-state index contributed by atoms with van der Waals surface area (Å²) in [6, 6.07) is 13.5. The summed E-state index contributed by atoms with van der Waals surface area (Å²) in [5, 5.41) is 3.54. The number of hydrogen-bond donors (Lipinski definition) is 1. The second kappa shape index (κ2) is 7.56. The Morgan fingerprint density at radius 2 is 1.95 bits per heavy atom. The Hall–Kier alpha value is -1.65. The Bertz CT molecular complexity index is 673. The highest BCUT2D eigenvalue weighted by Crippen LogP contribution is 2.28. The van der Waals surface area contributed by atoms with Gasteiger partial charge in [-0.2, -0.15) is 0 Å². The van der Waals surface area contributed by atoms with Gasteiger partial charge in [0.05, 0.1) is 17.1 Å². The molecule has 1 N–H and O–H groups in total. The maximum absolute atomic E-state index is 12.2. The molecule has 0 fully saturated rings. The molecule has 0 aliphatic heterocycles. The Balaban J connectivity index is 2.03. The highest BCUT2D eigenvalue weighted by atomic mass is 35.5. The van der Waals surface area contributed by atoms with Gasteiger partial charge in [-0.15, -0.1) is 11.8 Å². The van der Waals surface area contributed by atoms with E-state index in [1.807, 2.05) is 62.3 Å². The van der Waals surface area contributed by atoms with Crippen LogP contribution in [0.4, 0.5) is 11.4 Å². The van der Waals surface area contributed by atoms with Crippen LogP contribution in [-0.2, 0) is 4.79 Å². The first-order chi connectivity index (χ1) is 10.5. The Kier molecular flexibility index (Phi) is 5.75. The second-order valence-corrected chi connectivity index (χ2v) is 6.61. The fourth-order valence-corrected chi connectivity index (χ4v) is 3.05. The summed E-state index contributed by atoms with van der Waals surface area (Å²) < 4.78 is 0. The fraction of sp³-hybridized carbons (Fsp3) is 0.235. The van der Waals surface area contributed by atoms with Crippen molar-refractivity contribution in [2.45, 2.75) is 11.8 Å². The van der Waals surface area contributed by atoms with Gasteiger partial charge in [-0.05, 0) is 36.8 Å². The summed E-state index contributed by atoms with van der Waals surface area (Å²) in [5.74, 6) is 0.322. The van der Waals surface area contributed by atoms with Gasteiger partial charge in [0.2, 0.25) is 5.91 Å². The highest BCUT2D eigenvalue weighted by molar-refractivity contribution is 8.00. The third kappa shape index (κ3) is 4.42. The molecule has 116 valence electrons. The number of aryl methyl sites for hydroxylation is 1. The van der Waals surface area contributed by atoms with E-state index in [1.165, 1.54) is 17.3 Å². The van der Waals surface area contributed by atoms with Crippen LogP contribution in [0.15, 0.2) is 47.4 Å². The van der Waals surface area contributed by atoms with Crippen LogP contribution in [0.2, 0.25) is 5.02 Å². The molecule has 0 unspecified atom stereocenters. The molecular formula is C17H19ClN2OS. The summed E-state index contributed by atoms with van der Waals surface area (Å²) >= 11 is 7.56. The van der Waals surface area contributed by atoms with E-state index in [4.69, 9.17) is 11.6 Å². The number of halogens is 1. The number of nitrogens with one attached hydrogen (secondary N) is 1. The summed E-state index contributed by atoms with van der Waals surface area (Å²) in [5.41, 5.74) is 2.84. The average Bonchev–Trinajstić information content (AvgIpc) is 2.46. The molecule has 0 radical (unpaired) electrons. The van der Waals surface area contributed by atoms with Crippen molar-refractivity contribution in [1.82, 2.24) is 0 Å². The first kappa shape index (κ1) is 16.7. The van der Waals surface area contributed by atoms with Crippen LogP contribution < -0.4 is 10.2 Å². The van der Waals surface area contributed by atoms with Gasteiger partial charge in [-0.25, -0.2) is 0 Å². The minimum Gasteiger partial charge on any atom is -0.376 e. The lowest BCUT2D eigenvalue weighted by molar-refractivity contribution is -0.113. The number of nitrogens with zero attached hydrogens (tertiary/aromatic N) is 1. The molecule has 0 aliphatic rings. The van der Waals surface area contributed by atoms with E-state index in [9.17, 15) is 4.79 Å². The largest absolute Gasteiger partial charge is 0.376 e. The normalized spacial score (nSPS) is 10.4. The summed E-state index contributed by atoms with van der Waals surface area (Å²) in [6.07, 6.45) is 0. The van der Waals surface area contributed by atoms with Crippen molar-refractivity contribution in [3.05, 3.63) is 53.1 Å². The van der Waals surface area contributed by atoms with Crippen molar-refractivity contribution < 1.29 is 4.79 Å². The fourth-order valence-electron chi connectivity index (χ4n) is 2.05. The zero-order valence-electron chi connectivity index (χ0n) is 12.9. The van der Waals surface area contributed by atoms with E-state index >= 15 is 0 Å². The molecule has 0 atom stereocenters. The smallest absolute Gasteiger partial charge is 0.234 e. The lowest BCUT2D eigenvalue weighted by atomic mass is 10.2. The van der Waals surface area contributed by atoms with Crippen molar-refractivity contribution in [2.24, 2.45) is 0 Å². The van der Waals surface area contributed by atoms with Crippen molar-refractivity contribution in [2.75, 3.05) is 30.1 Å². The molecule has 22 heavy (non-hydrogen) atoms. The standard InChI is InChI=1S/C17H19ClN2OS/c1-12-6-4-5-7-16(12)22-11-17(21)19-14-10-13(18)8-9-15(14)20(2)3/h4-10H,11H2,1-3H3,(H,19,21). The van der Waals surface area contributed by atoms with Gasteiger partial charge in [0, 0.05) is 24.0 Å². The number of benzene rings is 2. The molecule has 2 aromatic carbocycles. The second-order valence-electron chi connectivity index (χ2n) is 5.16. The molecule has 0 aromatic heterocycles. The molecule has 0 heterocycles. The highest BCUT2D eigenvalue weighted by Gasteiger charge is 2.10. The van der Waals surface area contributed by atoms with Crippen molar-refractivity contribution in [3.8, 4) is 0 Å². The lowest BCUT2D eigenvalue weighted by Gasteiger charge is -2.18. The van der Waals surface area contributed by atoms with Crippen LogP contribution in [0.3, 0.4) is 0 Å². The number of amides is 1. The number of anilines is 2. The van der Waals surface area contributed by atoms with Gasteiger partial charge in [0.25, 0.3) is 0 Å². The van der Waals surface area contributed by atoms with E-state index in [-0.39, 0.29) is 5.91 Å². The van der Waals surface area contributed by atoms with Crippen LogP contribution >= 0.6 is 23.4 Å². The van der Waals surface area contributed by atoms with Crippen LogP contribution in [0.5, 0.6) is 0 Å². The number of thioether (sulfide) groups is 1. The summed E-state index contributed by atoms with van der Waals surface area (Å²) in [4.78, 5) is 15.3. The molecule has 0 aliphatic carbocycles. The zero-order chi connectivity index (χ0) is 16.1. The van der Waals surface area contributed by atoms with E-state index in [1.54, 1.807) is 6.07 Å². The monoisotopic (exact) mass is 334 g/mol. The molecule has 2 aromatic rings. The van der Waals surface area contributed by atoms with Gasteiger partial charge >= 0.3 is 0 Å². The molecule has 5 heteroatoms. The Morgan fingerprint density at radius 1 is 1.23 bits per heavy atom. The third-order valence-electron chi connectivity index (χ3n) is 3.17. The maximum Gasteiger partial charge on any atom is 0.234 e. The number of carbonyl (C=O) groups is 1. The van der Waals surface area contributed by atoms with Crippen LogP contribution in [-0.4, -0.2) is 25.8 Å². The predicted octanol–water partition coefficient (Wildman–Crippen LogP) is 4.45. The van der Waals surface area contributed by atoms with Crippen molar-refractivity contribution >= 4 is 40.6 Å². The van der Waals surface area contributed by atoms with Gasteiger partial charge in [0.1, 0.15) is 0 Å². The maximum atomic E-state index is 12.2. The molecule has 0 spiro atoms. The number of carbonyl (C=O) groups excluding carboxylic acids is 1. The molecule has 0 saturated heterocycles. The molecule has 1 amide bonds. The number of rotatable bonds is 5. The zero-order valence-corrected chi connectivity index (χ0v) is 14.5. The first-order valence-corrected chi connectivity index (χ1v) is 8.29. The molecule has 2 rings (SSSR count). The number of hydrogen-bond acceptors (Lipinski definition) is 3. The lowest BCUT2D eigenvalue weighted by Crippen LogP contribution is -2.18. The van der Waals surface area contributed by atoms with E-state index in [0.717, 1.165) is 16.3 Å². The van der Waals surface area contributed by atoms with Gasteiger partial charge in [0.15, 0.2) is 0 Å². The van der Waals surface area contributed by atoms with Crippen LogP contribution in [0.1, 0.15) is 5.56 Å². The quantitative estimate of drug-likeness (QED) is 0.820. The molecular weight excluding hydrogens is 316 g/mol. The first-order valence-electron chi connectivity index (χ1n) is 6.92.